The van der Waals surface area contributed by atoms with Gasteiger partial charge in [0.05, 0.1) is 6.61 Å². The zero-order valence-corrected chi connectivity index (χ0v) is 10.6. The van der Waals surface area contributed by atoms with E-state index in [1.165, 1.54) is 0 Å². The van der Waals surface area contributed by atoms with Gasteiger partial charge < -0.3 is 36.3 Å². The average molecular weight is 294 g/mol. The van der Waals surface area contributed by atoms with E-state index in [0.29, 0.717) is 0 Å². The van der Waals surface area contributed by atoms with Gasteiger partial charge in [-0.2, -0.15) is 0 Å². The highest BCUT2D eigenvalue weighted by Crippen LogP contribution is 2.33. The summed E-state index contributed by atoms with van der Waals surface area (Å²) in [5, 5.41) is 38.8. The van der Waals surface area contributed by atoms with Gasteiger partial charge >= 0.3 is 5.82 Å². The lowest BCUT2D eigenvalue weighted by molar-refractivity contribution is -0.392. The van der Waals surface area contributed by atoms with Gasteiger partial charge in [0.25, 0.3) is 0 Å². The number of nitro groups is 1. The zero-order valence-electron chi connectivity index (χ0n) is 9.66. The van der Waals surface area contributed by atoms with Crippen molar-refractivity contribution in [2.75, 3.05) is 6.61 Å². The van der Waals surface area contributed by atoms with Gasteiger partial charge in [-0.15, -0.1) is 12.6 Å². The second-order valence-electron chi connectivity index (χ2n) is 3.79. The molecule has 2 rings (SSSR count). The van der Waals surface area contributed by atoms with Crippen molar-refractivity contribution < 1.29 is 25.0 Å². The zero-order chi connectivity index (χ0) is 13.4. The molecule has 4 atom stereocenters. The Hall–Kier alpha value is -1.24. The Morgan fingerprint density at radius 1 is 1.53 bits per heavy atom. The van der Waals surface area contributed by atoms with Crippen LogP contribution < -0.4 is 6.15 Å². The summed E-state index contributed by atoms with van der Waals surface area (Å²) in [5.74, 6) is -0.476. The fraction of sp³-hybridized carbons (Fsp3) is 0.625. The molecule has 0 radical (unpaired) electrons. The van der Waals surface area contributed by atoms with E-state index in [2.05, 4.69) is 17.6 Å². The molecule has 10 nitrogen and oxygen atoms in total. The van der Waals surface area contributed by atoms with Gasteiger partial charge in [0.15, 0.2) is 11.3 Å². The normalized spacial score (nSPS) is 30.1. The Kier molecular flexibility index (Phi) is 4.84. The molecule has 108 valence electrons. The van der Waals surface area contributed by atoms with Gasteiger partial charge in [-0.25, -0.2) is 0 Å². The van der Waals surface area contributed by atoms with Gasteiger partial charge in [-0.1, -0.05) is 0 Å². The molecule has 1 fully saturated rings. The summed E-state index contributed by atoms with van der Waals surface area (Å²) in [6, 6.07) is 0. The molecule has 0 spiro atoms. The van der Waals surface area contributed by atoms with Gasteiger partial charge in [0.2, 0.25) is 6.33 Å². The number of aliphatic hydroxyl groups is 3. The van der Waals surface area contributed by atoms with Gasteiger partial charge in [0, 0.05) is 0 Å². The van der Waals surface area contributed by atoms with Crippen LogP contribution in [-0.2, 0) is 4.74 Å². The van der Waals surface area contributed by atoms with Crippen LogP contribution in [0.15, 0.2) is 11.4 Å². The summed E-state index contributed by atoms with van der Waals surface area (Å²) in [6.07, 6.45) is -3.57. The smallest absolute Gasteiger partial charge is 0.394 e. The number of nitrogens with zero attached hydrogens (tertiary/aromatic N) is 3. The molecule has 19 heavy (non-hydrogen) atoms. The number of aliphatic hydroxyl groups excluding tert-OH is 3. The third-order valence-electron chi connectivity index (χ3n) is 2.71. The SMILES string of the molecule is N.O=[N+]([O-])c1ncn(C2OC(CO)C(O)C2O)c1S. The number of thiol groups is 1. The van der Waals surface area contributed by atoms with Crippen LogP contribution in [-0.4, -0.2) is 54.7 Å². The predicted molar refractivity (Wildman–Crippen MR) is 64.2 cm³/mol. The van der Waals surface area contributed by atoms with E-state index >= 15 is 0 Å². The van der Waals surface area contributed by atoms with Crippen LogP contribution >= 0.6 is 12.6 Å². The predicted octanol–water partition coefficient (Wildman–Crippen LogP) is -1.15. The first kappa shape index (κ1) is 15.8. The highest BCUT2D eigenvalue weighted by atomic mass is 32.1. The number of hydrogen-bond donors (Lipinski definition) is 5. The molecule has 1 aliphatic heterocycles. The number of rotatable bonds is 3. The Labute approximate surface area is 112 Å². The minimum atomic E-state index is -1.33. The summed E-state index contributed by atoms with van der Waals surface area (Å²) in [4.78, 5) is 13.4. The van der Waals surface area contributed by atoms with Crippen LogP contribution in [0.5, 0.6) is 0 Å². The van der Waals surface area contributed by atoms with Crippen molar-refractivity contribution in [1.29, 1.82) is 0 Å². The molecule has 0 bridgehead atoms. The molecular formula is C8H14N4O6S. The summed E-state index contributed by atoms with van der Waals surface area (Å²) >= 11 is 3.93. The summed E-state index contributed by atoms with van der Waals surface area (Å²) in [7, 11) is 0. The molecule has 2 heterocycles. The number of imidazole rings is 1. The molecule has 11 heteroatoms. The molecule has 4 unspecified atom stereocenters. The molecule has 1 saturated heterocycles. The highest BCUT2D eigenvalue weighted by molar-refractivity contribution is 7.80. The maximum absolute atomic E-state index is 10.6. The standard InChI is InChI=1S/C8H11N3O6S.H3N/c12-1-3-4(13)5(14)7(17-3)10-2-9-6(8(10)18)11(15)16;/h2-5,7,12-14,18H,1H2;1H3. The third kappa shape index (κ3) is 2.56. The molecule has 0 aliphatic carbocycles. The van der Waals surface area contributed by atoms with E-state index in [-0.39, 0.29) is 11.2 Å². The van der Waals surface area contributed by atoms with Crippen molar-refractivity contribution >= 4 is 18.4 Å². The van der Waals surface area contributed by atoms with Crippen LogP contribution in [0, 0.1) is 10.1 Å². The monoisotopic (exact) mass is 294 g/mol. The maximum atomic E-state index is 10.6. The van der Waals surface area contributed by atoms with Crippen LogP contribution in [0.2, 0.25) is 0 Å². The lowest BCUT2D eigenvalue weighted by Gasteiger charge is -2.15. The van der Waals surface area contributed by atoms with Crippen LogP contribution in [0.3, 0.4) is 0 Å². The van der Waals surface area contributed by atoms with Crippen molar-refractivity contribution in [3.05, 3.63) is 16.4 Å². The van der Waals surface area contributed by atoms with E-state index in [9.17, 15) is 20.3 Å². The number of hydrogen-bond acceptors (Lipinski definition) is 9. The molecule has 0 amide bonds. The molecule has 0 saturated carbocycles. The second kappa shape index (κ2) is 5.81. The molecule has 6 N–H and O–H groups in total. The fourth-order valence-corrected chi connectivity index (χ4v) is 2.07. The molecule has 0 aromatic carbocycles. The highest BCUT2D eigenvalue weighted by Gasteiger charge is 2.44. The quantitative estimate of drug-likeness (QED) is 0.265. The summed E-state index contributed by atoms with van der Waals surface area (Å²) in [6.45, 7) is -0.479. The average Bonchev–Trinajstić information content (AvgIpc) is 2.82. The van der Waals surface area contributed by atoms with Gasteiger partial charge in [-0.05, 0) is 9.91 Å². The van der Waals surface area contributed by atoms with Crippen molar-refractivity contribution in [2.24, 2.45) is 0 Å². The van der Waals surface area contributed by atoms with Crippen molar-refractivity contribution in [3.8, 4) is 0 Å². The minimum absolute atomic E-state index is 0. The maximum Gasteiger partial charge on any atom is 0.395 e. The van der Waals surface area contributed by atoms with Crippen LogP contribution in [0.1, 0.15) is 6.23 Å². The Balaban J connectivity index is 0.00000180. The number of aromatic nitrogens is 2. The first-order chi connectivity index (χ1) is 8.47. The third-order valence-corrected chi connectivity index (χ3v) is 3.14. The Morgan fingerprint density at radius 3 is 2.58 bits per heavy atom. The van der Waals surface area contributed by atoms with Crippen molar-refractivity contribution in [1.82, 2.24) is 15.7 Å². The van der Waals surface area contributed by atoms with Gasteiger partial charge in [0.1, 0.15) is 18.3 Å². The first-order valence-electron chi connectivity index (χ1n) is 5.00. The van der Waals surface area contributed by atoms with E-state index in [1.807, 2.05) is 0 Å². The van der Waals surface area contributed by atoms with Crippen molar-refractivity contribution in [3.63, 3.8) is 0 Å². The summed E-state index contributed by atoms with van der Waals surface area (Å²) < 4.78 is 6.33. The van der Waals surface area contributed by atoms with Crippen LogP contribution in [0.25, 0.3) is 0 Å². The fourth-order valence-electron chi connectivity index (χ4n) is 1.77. The molecule has 1 aliphatic rings. The topological polar surface area (TPSA) is 166 Å². The largest absolute Gasteiger partial charge is 0.395 e. The van der Waals surface area contributed by atoms with E-state index in [4.69, 9.17) is 9.84 Å². The Morgan fingerprint density at radius 2 is 2.16 bits per heavy atom. The number of ether oxygens (including phenoxy) is 1. The second-order valence-corrected chi connectivity index (χ2v) is 4.21. The lowest BCUT2D eigenvalue weighted by atomic mass is 10.1. The molecular weight excluding hydrogens is 280 g/mol. The van der Waals surface area contributed by atoms with E-state index in [1.54, 1.807) is 0 Å². The van der Waals surface area contributed by atoms with Gasteiger partial charge in [-0.3, -0.25) is 4.57 Å². The minimum Gasteiger partial charge on any atom is -0.394 e. The van der Waals surface area contributed by atoms with Crippen molar-refractivity contribution in [2.45, 2.75) is 29.6 Å². The molecule has 1 aromatic heterocycles. The lowest BCUT2D eigenvalue weighted by Crippen LogP contribution is -2.33. The molecule has 1 aromatic rings. The summed E-state index contributed by atoms with van der Waals surface area (Å²) in [5.41, 5.74) is 0. The van der Waals surface area contributed by atoms with Crippen LogP contribution in [0.4, 0.5) is 5.82 Å². The Bertz CT molecular complexity index is 468. The van der Waals surface area contributed by atoms with E-state index < -0.39 is 41.9 Å². The van der Waals surface area contributed by atoms with E-state index in [0.717, 1.165) is 10.9 Å². The first-order valence-corrected chi connectivity index (χ1v) is 5.44.